The second kappa shape index (κ2) is 3.91. The van der Waals surface area contributed by atoms with Crippen LogP contribution in [0, 0.1) is 0 Å². The number of aromatic amines is 1. The molecule has 0 fully saturated rings. The van der Waals surface area contributed by atoms with Gasteiger partial charge in [0.25, 0.3) is 5.56 Å². The molecule has 5 heteroatoms. The summed E-state index contributed by atoms with van der Waals surface area (Å²) >= 11 is 0. The van der Waals surface area contributed by atoms with Gasteiger partial charge >= 0.3 is 5.69 Å². The van der Waals surface area contributed by atoms with Crippen LogP contribution in [0.4, 0.5) is 0 Å². The molecule has 0 bridgehead atoms. The molecule has 2 rings (SSSR count). The van der Waals surface area contributed by atoms with Gasteiger partial charge in [-0.25, -0.2) is 4.79 Å². The highest BCUT2D eigenvalue weighted by Crippen LogP contribution is 1.96. The quantitative estimate of drug-likeness (QED) is 0.745. The largest absolute Gasteiger partial charge is 0.328 e. The van der Waals surface area contributed by atoms with E-state index < -0.39 is 5.69 Å². The summed E-state index contributed by atoms with van der Waals surface area (Å²) in [7, 11) is 0. The van der Waals surface area contributed by atoms with Gasteiger partial charge in [-0.2, -0.15) is 0 Å². The summed E-state index contributed by atoms with van der Waals surface area (Å²) in [6.45, 7) is 0.429. The van der Waals surface area contributed by atoms with E-state index in [0.29, 0.717) is 6.54 Å². The summed E-state index contributed by atoms with van der Waals surface area (Å²) in [6.07, 6.45) is 4.79. The van der Waals surface area contributed by atoms with E-state index in [0.717, 1.165) is 5.56 Å². The molecular formula is C10H9N3O2. The Bertz CT molecular complexity index is 557. The van der Waals surface area contributed by atoms with Crippen molar-refractivity contribution in [3.8, 4) is 0 Å². The van der Waals surface area contributed by atoms with Crippen LogP contribution in [0.1, 0.15) is 5.56 Å². The van der Waals surface area contributed by atoms with Crippen LogP contribution in [0.25, 0.3) is 0 Å². The van der Waals surface area contributed by atoms with Crippen molar-refractivity contribution in [2.75, 3.05) is 0 Å². The molecule has 2 aromatic heterocycles. The van der Waals surface area contributed by atoms with Gasteiger partial charge < -0.3 is 0 Å². The second-order valence-corrected chi connectivity index (χ2v) is 3.09. The topological polar surface area (TPSA) is 67.8 Å². The molecule has 0 unspecified atom stereocenters. The van der Waals surface area contributed by atoms with Crippen LogP contribution in [-0.2, 0) is 6.54 Å². The van der Waals surface area contributed by atoms with Gasteiger partial charge in [-0.1, -0.05) is 0 Å². The second-order valence-electron chi connectivity index (χ2n) is 3.09. The molecule has 0 radical (unpaired) electrons. The summed E-state index contributed by atoms with van der Waals surface area (Å²) in [6, 6.07) is 4.96. The summed E-state index contributed by atoms with van der Waals surface area (Å²) in [4.78, 5) is 28.2. The normalized spacial score (nSPS) is 10.1. The van der Waals surface area contributed by atoms with Crippen molar-refractivity contribution in [2.24, 2.45) is 0 Å². The SMILES string of the molecule is O=c1ccn(Cc2ccncc2)c(=O)[nH]1. The van der Waals surface area contributed by atoms with Gasteiger partial charge in [0.15, 0.2) is 0 Å². The van der Waals surface area contributed by atoms with Crippen LogP contribution in [0.3, 0.4) is 0 Å². The molecule has 15 heavy (non-hydrogen) atoms. The molecule has 0 saturated heterocycles. The molecular weight excluding hydrogens is 194 g/mol. The number of pyridine rings is 1. The van der Waals surface area contributed by atoms with E-state index in [9.17, 15) is 9.59 Å². The fourth-order valence-corrected chi connectivity index (χ4v) is 1.25. The van der Waals surface area contributed by atoms with Gasteiger partial charge in [-0.3, -0.25) is 19.3 Å². The average Bonchev–Trinajstić information content (AvgIpc) is 2.24. The van der Waals surface area contributed by atoms with Crippen LogP contribution in [0.2, 0.25) is 0 Å². The highest BCUT2D eigenvalue weighted by Gasteiger charge is 1.97. The zero-order chi connectivity index (χ0) is 10.7. The molecule has 0 amide bonds. The first-order chi connectivity index (χ1) is 7.25. The molecule has 0 aliphatic heterocycles. The first-order valence-corrected chi connectivity index (χ1v) is 4.44. The fraction of sp³-hybridized carbons (Fsp3) is 0.100. The number of aromatic nitrogens is 3. The smallest absolute Gasteiger partial charge is 0.296 e. The van der Waals surface area contributed by atoms with Crippen LogP contribution >= 0.6 is 0 Å². The van der Waals surface area contributed by atoms with E-state index in [1.807, 2.05) is 12.1 Å². The van der Waals surface area contributed by atoms with Gasteiger partial charge in [0.2, 0.25) is 0 Å². The van der Waals surface area contributed by atoms with Crippen LogP contribution in [0.5, 0.6) is 0 Å². The number of H-pyrrole nitrogens is 1. The maximum absolute atomic E-state index is 11.3. The molecule has 2 aromatic rings. The Morgan fingerprint density at radius 3 is 2.60 bits per heavy atom. The monoisotopic (exact) mass is 203 g/mol. The minimum Gasteiger partial charge on any atom is -0.296 e. The average molecular weight is 203 g/mol. The maximum atomic E-state index is 11.3. The van der Waals surface area contributed by atoms with Crippen LogP contribution < -0.4 is 11.2 Å². The van der Waals surface area contributed by atoms with Crippen molar-refractivity contribution in [3.63, 3.8) is 0 Å². The molecule has 0 spiro atoms. The maximum Gasteiger partial charge on any atom is 0.328 e. The third-order valence-electron chi connectivity index (χ3n) is 2.00. The van der Waals surface area contributed by atoms with E-state index in [4.69, 9.17) is 0 Å². The van der Waals surface area contributed by atoms with Crippen molar-refractivity contribution in [3.05, 3.63) is 63.2 Å². The lowest BCUT2D eigenvalue weighted by Crippen LogP contribution is -2.28. The Hall–Kier alpha value is -2.17. The van der Waals surface area contributed by atoms with Gasteiger partial charge in [0, 0.05) is 24.7 Å². The Balaban J connectivity index is 2.33. The minimum absolute atomic E-state index is 0.383. The number of hydrogen-bond donors (Lipinski definition) is 1. The standard InChI is InChI=1S/C10H9N3O2/c14-9-3-6-13(10(15)12-9)7-8-1-4-11-5-2-8/h1-6H,7H2,(H,12,14,15). The molecule has 2 heterocycles. The number of rotatable bonds is 2. The Labute approximate surface area is 85.0 Å². The third kappa shape index (κ3) is 2.19. The Morgan fingerprint density at radius 2 is 1.93 bits per heavy atom. The van der Waals surface area contributed by atoms with Gasteiger partial charge in [0.1, 0.15) is 0 Å². The van der Waals surface area contributed by atoms with E-state index in [1.165, 1.54) is 16.8 Å². The van der Waals surface area contributed by atoms with Crippen molar-refractivity contribution in [2.45, 2.75) is 6.54 Å². The van der Waals surface area contributed by atoms with Gasteiger partial charge in [-0.05, 0) is 17.7 Å². The third-order valence-corrected chi connectivity index (χ3v) is 2.00. The van der Waals surface area contributed by atoms with Gasteiger partial charge in [0.05, 0.1) is 6.54 Å². The van der Waals surface area contributed by atoms with E-state index >= 15 is 0 Å². The zero-order valence-electron chi connectivity index (χ0n) is 7.88. The van der Waals surface area contributed by atoms with E-state index in [1.54, 1.807) is 12.4 Å². The lowest BCUT2D eigenvalue weighted by molar-refractivity contribution is 0.719. The first-order valence-electron chi connectivity index (χ1n) is 4.44. The molecule has 5 nitrogen and oxygen atoms in total. The van der Waals surface area contributed by atoms with Gasteiger partial charge in [-0.15, -0.1) is 0 Å². The van der Waals surface area contributed by atoms with Crippen LogP contribution in [0.15, 0.2) is 46.4 Å². The summed E-state index contributed by atoms with van der Waals surface area (Å²) < 4.78 is 1.43. The molecule has 1 N–H and O–H groups in total. The lowest BCUT2D eigenvalue weighted by Gasteiger charge is -2.03. The molecule has 0 aromatic carbocycles. The van der Waals surface area contributed by atoms with Crippen molar-refractivity contribution >= 4 is 0 Å². The van der Waals surface area contributed by atoms with E-state index in [-0.39, 0.29) is 5.56 Å². The Kier molecular flexibility index (Phi) is 2.45. The van der Waals surface area contributed by atoms with Crippen molar-refractivity contribution < 1.29 is 0 Å². The minimum atomic E-state index is -0.403. The molecule has 76 valence electrons. The number of nitrogens with zero attached hydrogens (tertiary/aromatic N) is 2. The summed E-state index contributed by atoms with van der Waals surface area (Å²) in [5, 5.41) is 0. The highest BCUT2D eigenvalue weighted by molar-refractivity contribution is 5.10. The number of hydrogen-bond acceptors (Lipinski definition) is 3. The lowest BCUT2D eigenvalue weighted by atomic mass is 10.3. The predicted octanol–water partition coefficient (Wildman–Crippen LogP) is -0.0201. The van der Waals surface area contributed by atoms with Crippen molar-refractivity contribution in [1.29, 1.82) is 0 Å². The Morgan fingerprint density at radius 1 is 1.20 bits per heavy atom. The molecule has 0 aliphatic carbocycles. The zero-order valence-corrected chi connectivity index (χ0v) is 7.88. The van der Waals surface area contributed by atoms with Crippen LogP contribution in [-0.4, -0.2) is 14.5 Å². The highest BCUT2D eigenvalue weighted by atomic mass is 16.2. The molecule has 0 atom stereocenters. The van der Waals surface area contributed by atoms with E-state index in [2.05, 4.69) is 9.97 Å². The number of nitrogens with one attached hydrogen (secondary N) is 1. The summed E-state index contributed by atoms with van der Waals surface area (Å²) in [5.74, 6) is 0. The predicted molar refractivity (Wildman–Crippen MR) is 54.7 cm³/mol. The van der Waals surface area contributed by atoms with Crippen molar-refractivity contribution in [1.82, 2.24) is 14.5 Å². The molecule has 0 aliphatic rings. The first kappa shape index (κ1) is 9.39. The fourth-order valence-electron chi connectivity index (χ4n) is 1.25. The molecule has 0 saturated carbocycles. The summed E-state index contributed by atoms with van der Waals surface area (Å²) in [5.41, 5.74) is 0.171.